The molecule has 0 saturated heterocycles. The number of phenols is 1. The van der Waals surface area contributed by atoms with Crippen LogP contribution >= 0.6 is 0 Å². The van der Waals surface area contributed by atoms with Crippen LogP contribution in [0, 0.1) is 0 Å². The minimum atomic E-state index is -0.160. The lowest BCUT2D eigenvalue weighted by Gasteiger charge is -2.11. The number of nitrogens with one attached hydrogen (secondary N) is 2. The quantitative estimate of drug-likeness (QED) is 0.704. The van der Waals surface area contributed by atoms with Gasteiger partial charge in [-0.1, -0.05) is 19.1 Å². The van der Waals surface area contributed by atoms with E-state index in [0.717, 1.165) is 12.0 Å². The van der Waals surface area contributed by atoms with Gasteiger partial charge < -0.3 is 15.7 Å². The van der Waals surface area contributed by atoms with E-state index in [2.05, 4.69) is 10.6 Å². The third kappa shape index (κ3) is 6.22. The van der Waals surface area contributed by atoms with Crippen LogP contribution in [0.4, 0.5) is 0 Å². The van der Waals surface area contributed by atoms with E-state index >= 15 is 0 Å². The normalized spacial score (nSPS) is 11.7. The molecule has 0 radical (unpaired) electrons. The molecule has 0 aliphatic heterocycles. The van der Waals surface area contributed by atoms with Gasteiger partial charge in [-0.3, -0.25) is 9.59 Å². The number of phenolic OH excluding ortho intramolecular Hbond substituents is 1. The number of rotatable bonds is 7. The van der Waals surface area contributed by atoms with Crippen molar-refractivity contribution in [3.8, 4) is 5.75 Å². The van der Waals surface area contributed by atoms with Crippen LogP contribution in [0.5, 0.6) is 5.75 Å². The number of carbonyl (C=O) groups excluding carboxylic acids is 2. The zero-order valence-corrected chi connectivity index (χ0v) is 12.0. The summed E-state index contributed by atoms with van der Waals surface area (Å²) < 4.78 is 0. The van der Waals surface area contributed by atoms with Crippen molar-refractivity contribution in [2.24, 2.45) is 0 Å². The van der Waals surface area contributed by atoms with Crippen LogP contribution in [-0.4, -0.2) is 29.5 Å². The predicted molar refractivity (Wildman–Crippen MR) is 77.3 cm³/mol. The highest BCUT2D eigenvalue weighted by atomic mass is 16.3. The molecule has 0 fully saturated rings. The molecule has 1 rings (SSSR count). The van der Waals surface area contributed by atoms with Crippen LogP contribution in [-0.2, 0) is 16.0 Å². The van der Waals surface area contributed by atoms with Crippen LogP contribution in [0.3, 0.4) is 0 Å². The van der Waals surface area contributed by atoms with Crippen molar-refractivity contribution < 1.29 is 14.7 Å². The third-order valence-corrected chi connectivity index (χ3v) is 2.97. The SMILES string of the molecule is CCC(C)NC(=O)CCNC(=O)Cc1cccc(O)c1. The molecule has 0 saturated carbocycles. The second-order valence-electron chi connectivity index (χ2n) is 4.82. The summed E-state index contributed by atoms with van der Waals surface area (Å²) in [6.45, 7) is 4.26. The van der Waals surface area contributed by atoms with E-state index in [1.165, 1.54) is 0 Å². The largest absolute Gasteiger partial charge is 0.508 e. The van der Waals surface area contributed by atoms with Crippen LogP contribution < -0.4 is 10.6 Å². The third-order valence-electron chi connectivity index (χ3n) is 2.97. The Morgan fingerprint density at radius 3 is 2.70 bits per heavy atom. The second kappa shape index (κ2) is 8.19. The maximum Gasteiger partial charge on any atom is 0.224 e. The first kappa shape index (κ1) is 16.0. The summed E-state index contributed by atoms with van der Waals surface area (Å²) >= 11 is 0. The Hall–Kier alpha value is -2.04. The van der Waals surface area contributed by atoms with Crippen molar-refractivity contribution in [1.29, 1.82) is 0 Å². The molecule has 110 valence electrons. The Bertz CT molecular complexity index is 460. The van der Waals surface area contributed by atoms with Crippen molar-refractivity contribution in [2.75, 3.05) is 6.54 Å². The number of carbonyl (C=O) groups is 2. The monoisotopic (exact) mass is 278 g/mol. The van der Waals surface area contributed by atoms with Gasteiger partial charge in [0.05, 0.1) is 6.42 Å². The molecule has 2 amide bonds. The summed E-state index contributed by atoms with van der Waals surface area (Å²) in [5, 5.41) is 14.8. The van der Waals surface area contributed by atoms with Gasteiger partial charge in [-0.2, -0.15) is 0 Å². The molecule has 0 bridgehead atoms. The molecule has 0 aliphatic rings. The average Bonchev–Trinajstić information content (AvgIpc) is 2.38. The Morgan fingerprint density at radius 2 is 2.05 bits per heavy atom. The fourth-order valence-electron chi connectivity index (χ4n) is 1.68. The van der Waals surface area contributed by atoms with Gasteiger partial charge in [-0.15, -0.1) is 0 Å². The van der Waals surface area contributed by atoms with Gasteiger partial charge in [0.1, 0.15) is 5.75 Å². The van der Waals surface area contributed by atoms with E-state index in [0.29, 0.717) is 6.54 Å². The highest BCUT2D eigenvalue weighted by Crippen LogP contribution is 2.11. The Balaban J connectivity index is 2.25. The van der Waals surface area contributed by atoms with Gasteiger partial charge in [-0.05, 0) is 31.0 Å². The molecular weight excluding hydrogens is 256 g/mol. The summed E-state index contributed by atoms with van der Waals surface area (Å²) in [5.74, 6) is -0.0767. The molecule has 3 N–H and O–H groups in total. The second-order valence-corrected chi connectivity index (χ2v) is 4.82. The first-order valence-corrected chi connectivity index (χ1v) is 6.85. The van der Waals surface area contributed by atoms with Crippen LogP contribution in [0.25, 0.3) is 0 Å². The summed E-state index contributed by atoms with van der Waals surface area (Å²) in [6.07, 6.45) is 1.35. The molecule has 1 aromatic rings. The minimum Gasteiger partial charge on any atom is -0.508 e. The van der Waals surface area contributed by atoms with E-state index < -0.39 is 0 Å². The lowest BCUT2D eigenvalue weighted by molar-refractivity contribution is -0.122. The Morgan fingerprint density at radius 1 is 1.30 bits per heavy atom. The Kier molecular flexibility index (Phi) is 6.56. The molecule has 20 heavy (non-hydrogen) atoms. The van der Waals surface area contributed by atoms with Crippen molar-refractivity contribution in [3.63, 3.8) is 0 Å². The molecular formula is C15H22N2O3. The number of aromatic hydroxyl groups is 1. The average molecular weight is 278 g/mol. The minimum absolute atomic E-state index is 0.0583. The number of benzene rings is 1. The molecule has 1 aromatic carbocycles. The summed E-state index contributed by atoms with van der Waals surface area (Å²) in [4.78, 5) is 23.2. The van der Waals surface area contributed by atoms with Crippen molar-refractivity contribution in [1.82, 2.24) is 10.6 Å². The van der Waals surface area contributed by atoms with E-state index in [1.54, 1.807) is 24.3 Å². The van der Waals surface area contributed by atoms with Crippen LogP contribution in [0.15, 0.2) is 24.3 Å². The van der Waals surface area contributed by atoms with Gasteiger partial charge >= 0.3 is 0 Å². The molecule has 0 heterocycles. The van der Waals surface area contributed by atoms with Crippen molar-refractivity contribution >= 4 is 11.8 Å². The molecule has 5 nitrogen and oxygen atoms in total. The molecule has 1 atom stereocenters. The number of amides is 2. The van der Waals surface area contributed by atoms with E-state index in [9.17, 15) is 14.7 Å². The van der Waals surface area contributed by atoms with Crippen molar-refractivity contribution in [2.45, 2.75) is 39.2 Å². The maximum absolute atomic E-state index is 11.7. The number of hydrogen-bond donors (Lipinski definition) is 3. The fourth-order valence-corrected chi connectivity index (χ4v) is 1.68. The first-order chi connectivity index (χ1) is 9.51. The summed E-state index contributed by atoms with van der Waals surface area (Å²) in [7, 11) is 0. The van der Waals surface area contributed by atoms with Gasteiger partial charge in [0.2, 0.25) is 11.8 Å². The zero-order chi connectivity index (χ0) is 15.0. The van der Waals surface area contributed by atoms with E-state index in [1.807, 2.05) is 13.8 Å². The Labute approximate surface area is 119 Å². The van der Waals surface area contributed by atoms with Crippen LogP contribution in [0.2, 0.25) is 0 Å². The summed E-state index contributed by atoms with van der Waals surface area (Å²) in [5.41, 5.74) is 0.742. The molecule has 1 unspecified atom stereocenters. The lowest BCUT2D eigenvalue weighted by atomic mass is 10.1. The highest BCUT2D eigenvalue weighted by molar-refractivity contribution is 5.80. The molecule has 0 aliphatic carbocycles. The number of hydrogen-bond acceptors (Lipinski definition) is 3. The molecule has 0 aromatic heterocycles. The molecule has 0 spiro atoms. The van der Waals surface area contributed by atoms with Gasteiger partial charge in [-0.25, -0.2) is 0 Å². The lowest BCUT2D eigenvalue weighted by Crippen LogP contribution is -2.35. The zero-order valence-electron chi connectivity index (χ0n) is 12.0. The van der Waals surface area contributed by atoms with Gasteiger partial charge in [0, 0.05) is 19.0 Å². The predicted octanol–water partition coefficient (Wildman–Crippen LogP) is 1.36. The smallest absolute Gasteiger partial charge is 0.224 e. The van der Waals surface area contributed by atoms with Crippen molar-refractivity contribution in [3.05, 3.63) is 29.8 Å². The highest BCUT2D eigenvalue weighted by Gasteiger charge is 2.07. The first-order valence-electron chi connectivity index (χ1n) is 6.85. The fraction of sp³-hybridized carbons (Fsp3) is 0.467. The topological polar surface area (TPSA) is 78.4 Å². The van der Waals surface area contributed by atoms with Crippen LogP contribution in [0.1, 0.15) is 32.3 Å². The summed E-state index contributed by atoms with van der Waals surface area (Å²) in [6, 6.07) is 6.73. The van der Waals surface area contributed by atoms with Gasteiger partial charge in [0.25, 0.3) is 0 Å². The maximum atomic E-state index is 11.7. The van der Waals surface area contributed by atoms with E-state index in [-0.39, 0.29) is 36.4 Å². The molecule has 5 heteroatoms. The van der Waals surface area contributed by atoms with E-state index in [4.69, 9.17) is 0 Å². The standard InChI is InChI=1S/C15H22N2O3/c1-3-11(2)17-14(19)7-8-16-15(20)10-12-5-4-6-13(18)9-12/h4-6,9,11,18H,3,7-8,10H2,1-2H3,(H,16,20)(H,17,19). The van der Waals surface area contributed by atoms with Gasteiger partial charge in [0.15, 0.2) is 0 Å².